The molecule has 2 N–H and O–H groups in total. The molecule has 1 aromatic carbocycles. The van der Waals surface area contributed by atoms with E-state index in [1.807, 2.05) is 6.92 Å². The third-order valence-electron chi connectivity index (χ3n) is 2.72. The fourth-order valence-corrected chi connectivity index (χ4v) is 2.22. The van der Waals surface area contributed by atoms with E-state index in [1.165, 1.54) is 16.7 Å². The number of pyridine rings is 1. The molecule has 0 spiro atoms. The van der Waals surface area contributed by atoms with Gasteiger partial charge in [0.15, 0.2) is 0 Å². The first-order valence-corrected chi connectivity index (χ1v) is 6.17. The Kier molecular flexibility index (Phi) is 3.52. The highest BCUT2D eigenvalue weighted by Gasteiger charge is 2.06. The fraction of sp³-hybridized carbons (Fsp3) is 0.154. The van der Waals surface area contributed by atoms with Crippen LogP contribution in [0.2, 0.25) is 0 Å². The topological polar surface area (TPSA) is 48.0 Å². The van der Waals surface area contributed by atoms with E-state index in [-0.39, 0.29) is 11.4 Å². The molecule has 0 bridgehead atoms. The number of anilines is 1. The number of nitrogen functional groups attached to an aromatic ring is 1. The number of nitrogens with two attached hydrogens (primary N) is 1. The lowest BCUT2D eigenvalue weighted by atomic mass is 10.1. The van der Waals surface area contributed by atoms with E-state index in [4.69, 9.17) is 5.73 Å². The highest BCUT2D eigenvalue weighted by Crippen LogP contribution is 2.13. The first-order valence-electron chi connectivity index (χ1n) is 5.38. The van der Waals surface area contributed by atoms with Crippen LogP contribution in [-0.2, 0) is 6.54 Å². The maximum atomic E-state index is 13.2. The van der Waals surface area contributed by atoms with Gasteiger partial charge in [-0.25, -0.2) is 4.39 Å². The van der Waals surface area contributed by atoms with Crippen molar-refractivity contribution in [3.63, 3.8) is 0 Å². The van der Waals surface area contributed by atoms with E-state index in [0.29, 0.717) is 16.7 Å². The van der Waals surface area contributed by atoms with Crippen LogP contribution in [0.1, 0.15) is 11.1 Å². The van der Waals surface area contributed by atoms with Gasteiger partial charge in [-0.05, 0) is 52.2 Å². The number of aromatic nitrogens is 1. The summed E-state index contributed by atoms with van der Waals surface area (Å²) in [7, 11) is 0. The third kappa shape index (κ3) is 2.61. The minimum atomic E-state index is -0.313. The van der Waals surface area contributed by atoms with Crippen molar-refractivity contribution in [3.8, 4) is 0 Å². The summed E-state index contributed by atoms with van der Waals surface area (Å²) < 4.78 is 15.0. The van der Waals surface area contributed by atoms with Gasteiger partial charge in [-0.3, -0.25) is 4.79 Å². The van der Waals surface area contributed by atoms with Gasteiger partial charge in [-0.2, -0.15) is 0 Å². The lowest BCUT2D eigenvalue weighted by Crippen LogP contribution is -2.21. The van der Waals surface area contributed by atoms with Crippen LogP contribution in [-0.4, -0.2) is 4.57 Å². The predicted octanol–water partition coefficient (Wildman–Crippen LogP) is 2.69. The molecule has 0 aliphatic carbocycles. The fourth-order valence-electron chi connectivity index (χ4n) is 1.73. The highest BCUT2D eigenvalue weighted by molar-refractivity contribution is 9.10. The summed E-state index contributed by atoms with van der Waals surface area (Å²) >= 11 is 3.16. The summed E-state index contributed by atoms with van der Waals surface area (Å²) in [5.41, 5.74) is 7.67. The second kappa shape index (κ2) is 4.94. The Bertz CT molecular complexity index is 652. The molecule has 0 unspecified atom stereocenters. The second-order valence-corrected chi connectivity index (χ2v) is 4.98. The molecule has 0 atom stereocenters. The molecular formula is C13H12BrFN2O. The second-order valence-electron chi connectivity index (χ2n) is 4.13. The Morgan fingerprint density at radius 2 is 2.11 bits per heavy atom. The SMILES string of the molecule is Cc1ccc(F)cc1Cn1cc(N)cc(Br)c1=O. The largest absolute Gasteiger partial charge is 0.398 e. The smallest absolute Gasteiger partial charge is 0.265 e. The van der Waals surface area contributed by atoms with Gasteiger partial charge in [-0.15, -0.1) is 0 Å². The maximum absolute atomic E-state index is 13.2. The molecule has 2 rings (SSSR count). The van der Waals surface area contributed by atoms with Crippen molar-refractivity contribution in [2.24, 2.45) is 0 Å². The normalized spacial score (nSPS) is 10.6. The minimum Gasteiger partial charge on any atom is -0.398 e. The zero-order chi connectivity index (χ0) is 13.3. The van der Waals surface area contributed by atoms with Gasteiger partial charge in [0, 0.05) is 11.9 Å². The third-order valence-corrected chi connectivity index (χ3v) is 3.28. The monoisotopic (exact) mass is 310 g/mol. The van der Waals surface area contributed by atoms with Crippen molar-refractivity contribution in [1.29, 1.82) is 0 Å². The number of nitrogens with zero attached hydrogens (tertiary/aromatic N) is 1. The van der Waals surface area contributed by atoms with Crippen LogP contribution in [0.3, 0.4) is 0 Å². The van der Waals surface area contributed by atoms with Crippen molar-refractivity contribution in [1.82, 2.24) is 4.57 Å². The van der Waals surface area contributed by atoms with Crippen LogP contribution in [0.5, 0.6) is 0 Å². The van der Waals surface area contributed by atoms with Crippen molar-refractivity contribution in [2.45, 2.75) is 13.5 Å². The molecule has 18 heavy (non-hydrogen) atoms. The van der Waals surface area contributed by atoms with Gasteiger partial charge < -0.3 is 10.3 Å². The Morgan fingerprint density at radius 3 is 2.83 bits per heavy atom. The summed E-state index contributed by atoms with van der Waals surface area (Å²) in [4.78, 5) is 11.9. The van der Waals surface area contributed by atoms with Crippen LogP contribution in [0, 0.1) is 12.7 Å². The number of halogens is 2. The van der Waals surface area contributed by atoms with Gasteiger partial charge in [-0.1, -0.05) is 6.07 Å². The molecule has 0 fully saturated rings. The molecule has 0 radical (unpaired) electrons. The highest BCUT2D eigenvalue weighted by atomic mass is 79.9. The van der Waals surface area contributed by atoms with Gasteiger partial charge in [0.05, 0.1) is 11.0 Å². The quantitative estimate of drug-likeness (QED) is 0.927. The lowest BCUT2D eigenvalue weighted by Gasteiger charge is -2.10. The Labute approximate surface area is 112 Å². The average Bonchev–Trinajstić information content (AvgIpc) is 2.30. The van der Waals surface area contributed by atoms with Crippen LogP contribution >= 0.6 is 15.9 Å². The predicted molar refractivity (Wildman–Crippen MR) is 73.1 cm³/mol. The minimum absolute atomic E-state index is 0.187. The lowest BCUT2D eigenvalue weighted by molar-refractivity contribution is 0.621. The Hall–Kier alpha value is -1.62. The van der Waals surface area contributed by atoms with Crippen LogP contribution in [0.25, 0.3) is 0 Å². The Balaban J connectivity index is 2.46. The molecule has 0 saturated carbocycles. The van der Waals surface area contributed by atoms with Crippen LogP contribution < -0.4 is 11.3 Å². The summed E-state index contributed by atoms with van der Waals surface area (Å²) in [5, 5.41) is 0. The van der Waals surface area contributed by atoms with Gasteiger partial charge in [0.1, 0.15) is 5.82 Å². The van der Waals surface area contributed by atoms with Crippen LogP contribution in [0.15, 0.2) is 39.7 Å². The molecule has 5 heteroatoms. The molecule has 1 heterocycles. The number of hydrogen-bond donors (Lipinski definition) is 1. The first-order chi connectivity index (χ1) is 8.47. The zero-order valence-corrected chi connectivity index (χ0v) is 11.4. The number of rotatable bonds is 2. The van der Waals surface area contributed by atoms with Crippen molar-refractivity contribution >= 4 is 21.6 Å². The standard InChI is InChI=1S/C13H12BrFN2O/c1-8-2-3-10(15)4-9(8)6-17-7-11(16)5-12(14)13(17)18/h2-5,7H,6,16H2,1H3. The molecule has 2 aromatic rings. The summed E-state index contributed by atoms with van der Waals surface area (Å²) in [5.74, 6) is -0.313. The molecular weight excluding hydrogens is 299 g/mol. The van der Waals surface area contributed by atoms with Crippen LogP contribution in [0.4, 0.5) is 10.1 Å². The summed E-state index contributed by atoms with van der Waals surface area (Å²) in [6.45, 7) is 2.17. The van der Waals surface area contributed by atoms with Gasteiger partial charge >= 0.3 is 0 Å². The van der Waals surface area contributed by atoms with Crippen molar-refractivity contribution in [3.05, 3.63) is 62.2 Å². The van der Waals surface area contributed by atoms with Gasteiger partial charge in [0.25, 0.3) is 5.56 Å². The molecule has 94 valence electrons. The number of hydrogen-bond acceptors (Lipinski definition) is 2. The summed E-state index contributed by atoms with van der Waals surface area (Å²) in [6, 6.07) is 6.07. The molecule has 0 aliphatic heterocycles. The maximum Gasteiger partial charge on any atom is 0.265 e. The molecule has 3 nitrogen and oxygen atoms in total. The molecule has 0 saturated heterocycles. The first kappa shape index (κ1) is 12.8. The molecule has 0 aliphatic rings. The number of aryl methyl sites for hydroxylation is 1. The van der Waals surface area contributed by atoms with E-state index < -0.39 is 0 Å². The average molecular weight is 311 g/mol. The number of benzene rings is 1. The van der Waals surface area contributed by atoms with Gasteiger partial charge in [0.2, 0.25) is 0 Å². The molecule has 0 amide bonds. The molecule has 1 aromatic heterocycles. The van der Waals surface area contributed by atoms with E-state index in [2.05, 4.69) is 15.9 Å². The zero-order valence-electron chi connectivity index (χ0n) is 9.78. The van der Waals surface area contributed by atoms with Crippen molar-refractivity contribution in [2.75, 3.05) is 5.73 Å². The van der Waals surface area contributed by atoms with E-state index in [9.17, 15) is 9.18 Å². The van der Waals surface area contributed by atoms with E-state index in [0.717, 1.165) is 11.1 Å². The van der Waals surface area contributed by atoms with Crippen molar-refractivity contribution < 1.29 is 4.39 Å². The summed E-state index contributed by atoms with van der Waals surface area (Å²) in [6.07, 6.45) is 1.55. The van der Waals surface area contributed by atoms with E-state index >= 15 is 0 Å². The Morgan fingerprint density at radius 1 is 1.39 bits per heavy atom. The van der Waals surface area contributed by atoms with E-state index in [1.54, 1.807) is 18.3 Å².